The number of carbonyl (C=O) groups excluding carboxylic acids is 2. The van der Waals surface area contributed by atoms with Gasteiger partial charge in [-0.25, -0.2) is 19.2 Å². The number of imide groups is 1. The summed E-state index contributed by atoms with van der Waals surface area (Å²) in [6.45, 7) is 9.32. The molecular formula is C44H51FN12O3. The second-order valence-electron chi connectivity index (χ2n) is 16.4. The van der Waals surface area contributed by atoms with Crippen LogP contribution in [-0.2, 0) is 18.9 Å². The number of anilines is 3. The lowest BCUT2D eigenvalue weighted by Gasteiger charge is -2.39. The van der Waals surface area contributed by atoms with E-state index in [0.29, 0.717) is 35.6 Å². The van der Waals surface area contributed by atoms with Gasteiger partial charge in [0.05, 0.1) is 28.9 Å². The maximum atomic E-state index is 14.5. The normalized spacial score (nSPS) is 17.8. The van der Waals surface area contributed by atoms with Crippen molar-refractivity contribution in [2.45, 2.75) is 58.1 Å². The molecular weight excluding hydrogens is 764 g/mol. The number of carbonyl (C=O) groups is 2. The molecule has 3 aliphatic heterocycles. The average Bonchev–Trinajstić information content (AvgIpc) is 3.95. The zero-order valence-corrected chi connectivity index (χ0v) is 34.5. The largest absolute Gasteiger partial charge is 0.482 e. The molecule has 0 radical (unpaired) electrons. The first-order valence-electron chi connectivity index (χ1n) is 20.8. The van der Waals surface area contributed by atoms with E-state index in [1.54, 1.807) is 21.8 Å². The van der Waals surface area contributed by atoms with Crippen molar-refractivity contribution in [3.63, 3.8) is 0 Å². The Kier molecular flexibility index (Phi) is 10.5. The summed E-state index contributed by atoms with van der Waals surface area (Å²) in [4.78, 5) is 40.1. The van der Waals surface area contributed by atoms with Crippen molar-refractivity contribution in [3.05, 3.63) is 84.3 Å². The minimum atomic E-state index is -0.531. The third kappa shape index (κ3) is 7.67. The molecule has 3 saturated heterocycles. The molecule has 0 bridgehead atoms. The van der Waals surface area contributed by atoms with Gasteiger partial charge in [-0.2, -0.15) is 10.2 Å². The van der Waals surface area contributed by atoms with Gasteiger partial charge in [-0.1, -0.05) is 0 Å². The Balaban J connectivity index is 0.815. The highest BCUT2D eigenvalue weighted by Gasteiger charge is 2.30. The van der Waals surface area contributed by atoms with Crippen molar-refractivity contribution in [3.8, 4) is 28.3 Å². The Labute approximate surface area is 347 Å². The molecule has 2 aromatic carbocycles. The molecule has 312 valence electrons. The monoisotopic (exact) mass is 814 g/mol. The highest BCUT2D eigenvalue weighted by Crippen LogP contribution is 2.38. The number of amides is 3. The Morgan fingerprint density at radius 3 is 2.50 bits per heavy atom. The minimum Gasteiger partial charge on any atom is -0.482 e. The third-order valence-corrected chi connectivity index (χ3v) is 12.4. The highest BCUT2D eigenvalue weighted by atomic mass is 19.1. The molecule has 0 saturated carbocycles. The van der Waals surface area contributed by atoms with Crippen LogP contribution in [0.25, 0.3) is 33.4 Å². The van der Waals surface area contributed by atoms with Gasteiger partial charge in [-0.05, 0) is 94.0 Å². The number of urea groups is 1. The van der Waals surface area contributed by atoms with Crippen molar-refractivity contribution >= 4 is 40.2 Å². The minimum absolute atomic E-state index is 0.257. The van der Waals surface area contributed by atoms with Crippen LogP contribution in [0.1, 0.15) is 62.4 Å². The lowest BCUT2D eigenvalue weighted by atomic mass is 9.94. The fourth-order valence-corrected chi connectivity index (χ4v) is 9.19. The first kappa shape index (κ1) is 39.2. The van der Waals surface area contributed by atoms with E-state index < -0.39 is 12.1 Å². The summed E-state index contributed by atoms with van der Waals surface area (Å²) in [7, 11) is 3.74. The number of aromatic nitrogens is 7. The van der Waals surface area contributed by atoms with Crippen LogP contribution in [0.15, 0.2) is 67.3 Å². The number of nitrogens with zero attached hydrogens (tertiary/aromatic N) is 10. The summed E-state index contributed by atoms with van der Waals surface area (Å²) in [6, 6.07) is 14.7. The number of benzene rings is 2. The third-order valence-electron chi connectivity index (χ3n) is 12.4. The number of ether oxygens (including phenoxy) is 1. The van der Waals surface area contributed by atoms with E-state index in [2.05, 4.69) is 47.0 Å². The molecule has 0 aliphatic carbocycles. The lowest BCUT2D eigenvalue weighted by molar-refractivity contribution is -0.120. The Morgan fingerprint density at radius 1 is 0.950 bits per heavy atom. The van der Waals surface area contributed by atoms with Crippen LogP contribution < -0.4 is 25.6 Å². The SMILES string of the molecule is Cc1ncn(C2CCN(CC3CCN(c4ccc5c(N6CCC(=O)NC6=O)nn(C)c5c4)CC3)CC2)c1-c1cnc(N)c(O[C@H](C)c2cc(F)ccc2-c2ccn(C)n2)c1. The Hall–Kier alpha value is -6.29. The maximum absolute atomic E-state index is 14.5. The number of aryl methyl sites for hydroxylation is 3. The topological polar surface area (TPSA) is 157 Å². The van der Waals surface area contributed by atoms with E-state index in [4.69, 9.17) is 15.5 Å². The van der Waals surface area contributed by atoms with Crippen LogP contribution >= 0.6 is 0 Å². The molecule has 0 spiro atoms. The highest BCUT2D eigenvalue weighted by molar-refractivity contribution is 6.09. The summed E-state index contributed by atoms with van der Waals surface area (Å²) in [5.41, 5.74) is 13.5. The van der Waals surface area contributed by atoms with E-state index >= 15 is 0 Å². The van der Waals surface area contributed by atoms with Gasteiger partial charge in [0.25, 0.3) is 0 Å². The molecule has 7 heterocycles. The molecule has 15 nitrogen and oxygen atoms in total. The predicted molar refractivity (Wildman–Crippen MR) is 228 cm³/mol. The van der Waals surface area contributed by atoms with E-state index in [-0.39, 0.29) is 24.0 Å². The van der Waals surface area contributed by atoms with Crippen LogP contribution in [0.4, 0.5) is 26.5 Å². The first-order chi connectivity index (χ1) is 29.0. The number of hydrogen-bond donors (Lipinski definition) is 2. The van der Waals surface area contributed by atoms with E-state index in [1.807, 2.05) is 63.3 Å². The molecule has 3 aliphatic rings. The van der Waals surface area contributed by atoms with Crippen molar-refractivity contribution in [1.29, 1.82) is 0 Å². The van der Waals surface area contributed by atoms with Gasteiger partial charge >= 0.3 is 6.03 Å². The number of imidazole rings is 1. The van der Waals surface area contributed by atoms with Gasteiger partial charge in [0, 0.05) is 106 Å². The van der Waals surface area contributed by atoms with Crippen molar-refractivity contribution in [2.24, 2.45) is 20.0 Å². The summed E-state index contributed by atoms with van der Waals surface area (Å²) >= 11 is 0. The fraction of sp³-hybridized carbons (Fsp3) is 0.409. The van der Waals surface area contributed by atoms with Crippen LogP contribution in [-0.4, -0.2) is 90.2 Å². The Morgan fingerprint density at radius 2 is 1.75 bits per heavy atom. The molecule has 3 fully saturated rings. The van der Waals surface area contributed by atoms with Crippen LogP contribution in [0.5, 0.6) is 5.75 Å². The second kappa shape index (κ2) is 16.0. The number of nitrogens with one attached hydrogen (secondary N) is 1. The summed E-state index contributed by atoms with van der Waals surface area (Å²) < 4.78 is 26.8. The van der Waals surface area contributed by atoms with E-state index in [1.165, 1.54) is 12.1 Å². The van der Waals surface area contributed by atoms with Gasteiger partial charge in [0.1, 0.15) is 11.9 Å². The number of likely N-dealkylation sites (tertiary alicyclic amines) is 1. The van der Waals surface area contributed by atoms with Gasteiger partial charge in [-0.15, -0.1) is 0 Å². The van der Waals surface area contributed by atoms with Crippen LogP contribution in [0.2, 0.25) is 0 Å². The van der Waals surface area contributed by atoms with Gasteiger partial charge in [-0.3, -0.25) is 24.4 Å². The lowest BCUT2D eigenvalue weighted by Crippen LogP contribution is -2.49. The Bertz CT molecular complexity index is 2560. The summed E-state index contributed by atoms with van der Waals surface area (Å²) in [5, 5.41) is 12.5. The molecule has 3 amide bonds. The van der Waals surface area contributed by atoms with Gasteiger partial charge in [0.15, 0.2) is 17.4 Å². The van der Waals surface area contributed by atoms with Crippen LogP contribution in [0.3, 0.4) is 0 Å². The smallest absolute Gasteiger partial charge is 0.329 e. The van der Waals surface area contributed by atoms with Gasteiger partial charge < -0.3 is 24.8 Å². The summed E-state index contributed by atoms with van der Waals surface area (Å²) in [6.07, 6.45) is 9.59. The number of halogens is 1. The number of nitrogens with two attached hydrogens (primary N) is 1. The number of nitrogen functional groups attached to an aromatic ring is 1. The summed E-state index contributed by atoms with van der Waals surface area (Å²) in [5.74, 6) is 1.29. The van der Waals surface area contributed by atoms with Crippen molar-refractivity contribution in [1.82, 2.24) is 44.3 Å². The number of rotatable bonds is 10. The van der Waals surface area contributed by atoms with E-state index in [9.17, 15) is 14.0 Å². The number of pyridine rings is 1. The molecule has 16 heteroatoms. The molecule has 1 atom stereocenters. The van der Waals surface area contributed by atoms with Gasteiger partial charge in [0.2, 0.25) is 5.91 Å². The predicted octanol–water partition coefficient (Wildman–Crippen LogP) is 6.40. The van der Waals surface area contributed by atoms with Crippen LogP contribution in [0, 0.1) is 18.7 Å². The zero-order chi connectivity index (χ0) is 41.7. The number of piperidine rings is 2. The molecule has 3 N–H and O–H groups in total. The quantitative estimate of drug-likeness (QED) is 0.159. The average molecular weight is 815 g/mol. The number of fused-ring (bicyclic) bond motifs is 1. The molecule has 0 unspecified atom stereocenters. The zero-order valence-electron chi connectivity index (χ0n) is 34.5. The first-order valence-corrected chi connectivity index (χ1v) is 20.8. The molecule has 60 heavy (non-hydrogen) atoms. The molecule has 9 rings (SSSR count). The second-order valence-corrected chi connectivity index (χ2v) is 16.4. The standard InChI is InChI=1S/C44H51FN12O3/c1-27-41(30-21-39(42(46)47-24-30)60-28(2)36-22-31(45)5-7-34(36)37-13-15-52(3)50-37)57(26-48-27)32-11-16-54(17-12-32)25-29-9-18-55(19-10-29)33-6-8-35-38(23-33)53(4)51-43(35)56-20-14-40(58)49-44(56)59/h5-8,13,15,21-24,26,28-29,32H,9-12,14,16-20,25H2,1-4H3,(H2,46,47)(H,49,58,59)/t28-/m1/s1. The number of hydrogen-bond acceptors (Lipinski definition) is 10. The van der Waals surface area contributed by atoms with E-state index in [0.717, 1.165) is 103 Å². The molecule has 4 aromatic heterocycles. The van der Waals surface area contributed by atoms with Crippen molar-refractivity contribution in [2.75, 3.05) is 54.8 Å². The molecule has 6 aromatic rings. The maximum Gasteiger partial charge on any atom is 0.329 e. The van der Waals surface area contributed by atoms with Crippen molar-refractivity contribution < 1.29 is 18.7 Å². The fourth-order valence-electron chi connectivity index (χ4n) is 9.19.